The fourth-order valence-corrected chi connectivity index (χ4v) is 1.67. The molecule has 20 heavy (non-hydrogen) atoms. The monoisotopic (exact) mass is 277 g/mol. The minimum atomic E-state index is -0.555. The number of nitrogens with zero attached hydrogens (tertiary/aromatic N) is 1. The quantitative estimate of drug-likeness (QED) is 0.858. The summed E-state index contributed by atoms with van der Waals surface area (Å²) in [6, 6.07) is 4.14. The molecule has 1 aromatic rings. The Morgan fingerprint density at radius 3 is 2.75 bits per heavy atom. The summed E-state index contributed by atoms with van der Waals surface area (Å²) in [7, 11) is 1.66. The Morgan fingerprint density at radius 1 is 1.45 bits per heavy atom. The number of aliphatic hydroxyl groups is 1. The van der Waals surface area contributed by atoms with Crippen LogP contribution in [0.3, 0.4) is 0 Å². The number of benzene rings is 1. The zero-order chi connectivity index (χ0) is 15.1. The van der Waals surface area contributed by atoms with E-state index in [1.54, 1.807) is 7.05 Å². The van der Waals surface area contributed by atoms with Crippen LogP contribution in [-0.2, 0) is 0 Å². The second-order valence-electron chi connectivity index (χ2n) is 5.06. The summed E-state index contributed by atoms with van der Waals surface area (Å²) in [5, 5.41) is 8.65. The molecule has 0 fully saturated rings. The van der Waals surface area contributed by atoms with Crippen molar-refractivity contribution < 1.29 is 14.3 Å². The van der Waals surface area contributed by atoms with Crippen molar-refractivity contribution in [2.45, 2.75) is 20.3 Å². The zero-order valence-corrected chi connectivity index (χ0v) is 12.1. The molecule has 3 nitrogen and oxygen atoms in total. The van der Waals surface area contributed by atoms with Crippen LogP contribution in [-0.4, -0.2) is 36.1 Å². The molecule has 0 aromatic heterocycles. The van der Waals surface area contributed by atoms with Gasteiger partial charge in [0.1, 0.15) is 12.4 Å². The Kier molecular flexibility index (Phi) is 6.20. The van der Waals surface area contributed by atoms with E-state index in [4.69, 9.17) is 5.11 Å². The summed E-state index contributed by atoms with van der Waals surface area (Å²) < 4.78 is 13.8. The predicted octanol–water partition coefficient (Wildman–Crippen LogP) is 2.29. The van der Waals surface area contributed by atoms with E-state index in [1.165, 1.54) is 23.1 Å². The molecule has 0 heterocycles. The largest absolute Gasteiger partial charge is 0.384 e. The molecule has 0 radical (unpaired) electrons. The van der Waals surface area contributed by atoms with E-state index in [0.717, 1.165) is 6.42 Å². The lowest BCUT2D eigenvalue weighted by Crippen LogP contribution is -2.29. The van der Waals surface area contributed by atoms with E-state index < -0.39 is 5.82 Å². The van der Waals surface area contributed by atoms with Gasteiger partial charge in [0.05, 0.1) is 5.56 Å². The number of aliphatic hydroxyl groups excluding tert-OH is 1. The Labute approximate surface area is 119 Å². The van der Waals surface area contributed by atoms with Crippen molar-refractivity contribution >= 4 is 5.91 Å². The van der Waals surface area contributed by atoms with Gasteiger partial charge in [-0.2, -0.15) is 0 Å². The van der Waals surface area contributed by atoms with Crippen LogP contribution in [0, 0.1) is 23.6 Å². The number of carbonyl (C=O) groups excluding carboxylic acids is 1. The van der Waals surface area contributed by atoms with Crippen molar-refractivity contribution in [2.75, 3.05) is 20.2 Å². The van der Waals surface area contributed by atoms with Gasteiger partial charge >= 0.3 is 0 Å². The molecule has 0 aliphatic rings. The maximum Gasteiger partial charge on any atom is 0.256 e. The Hall–Kier alpha value is -1.86. The maximum absolute atomic E-state index is 13.8. The van der Waals surface area contributed by atoms with E-state index in [2.05, 4.69) is 25.7 Å². The summed E-state index contributed by atoms with van der Waals surface area (Å²) in [6.45, 7) is 4.46. The first-order valence-corrected chi connectivity index (χ1v) is 6.60. The second-order valence-corrected chi connectivity index (χ2v) is 5.06. The highest BCUT2D eigenvalue weighted by Crippen LogP contribution is 2.13. The molecule has 4 heteroatoms. The molecule has 0 aliphatic heterocycles. The highest BCUT2D eigenvalue weighted by molar-refractivity contribution is 5.94. The second kappa shape index (κ2) is 7.66. The van der Waals surface area contributed by atoms with Crippen molar-refractivity contribution in [2.24, 2.45) is 5.92 Å². The number of hydrogen-bond acceptors (Lipinski definition) is 2. The van der Waals surface area contributed by atoms with E-state index in [1.807, 2.05) is 0 Å². The van der Waals surface area contributed by atoms with Gasteiger partial charge in [-0.05, 0) is 30.5 Å². The van der Waals surface area contributed by atoms with Gasteiger partial charge < -0.3 is 10.0 Å². The van der Waals surface area contributed by atoms with E-state index >= 15 is 0 Å². The molecule has 0 bridgehead atoms. The topological polar surface area (TPSA) is 40.5 Å². The Bertz CT molecular complexity index is 529. The zero-order valence-electron chi connectivity index (χ0n) is 12.1. The van der Waals surface area contributed by atoms with Crippen LogP contribution in [0.15, 0.2) is 18.2 Å². The number of rotatable bonds is 4. The Morgan fingerprint density at radius 2 is 2.15 bits per heavy atom. The van der Waals surface area contributed by atoms with Crippen LogP contribution in [0.5, 0.6) is 0 Å². The minimum absolute atomic E-state index is 0.0148. The molecule has 1 N–H and O–H groups in total. The molecule has 108 valence electrons. The lowest BCUT2D eigenvalue weighted by molar-refractivity contribution is 0.0784. The molecule has 1 amide bonds. The van der Waals surface area contributed by atoms with Gasteiger partial charge in [0.2, 0.25) is 0 Å². The Balaban J connectivity index is 2.91. The van der Waals surface area contributed by atoms with Gasteiger partial charge in [0, 0.05) is 19.2 Å². The maximum atomic E-state index is 13.8. The number of carbonyl (C=O) groups is 1. The van der Waals surface area contributed by atoms with Crippen molar-refractivity contribution in [3.63, 3.8) is 0 Å². The standard InChI is InChI=1S/C16H20FNO2/c1-12(2)8-9-18(3)16(20)14-11-13(5-4-10-19)6-7-15(14)17/h6-7,11-12,19H,8-10H2,1-3H3. The molecule has 0 spiro atoms. The normalized spacial score (nSPS) is 10.1. The first kappa shape index (κ1) is 16.2. The first-order valence-electron chi connectivity index (χ1n) is 6.60. The molecular weight excluding hydrogens is 257 g/mol. The molecule has 0 unspecified atom stereocenters. The molecule has 1 rings (SSSR count). The van der Waals surface area contributed by atoms with Gasteiger partial charge in [-0.15, -0.1) is 0 Å². The van der Waals surface area contributed by atoms with Crippen LogP contribution < -0.4 is 0 Å². The third kappa shape index (κ3) is 4.67. The van der Waals surface area contributed by atoms with E-state index in [0.29, 0.717) is 18.0 Å². The highest BCUT2D eigenvalue weighted by atomic mass is 19.1. The number of amides is 1. The first-order chi connectivity index (χ1) is 9.45. The van der Waals surface area contributed by atoms with Gasteiger partial charge in [-0.25, -0.2) is 4.39 Å². The highest BCUT2D eigenvalue weighted by Gasteiger charge is 2.16. The number of hydrogen-bond donors (Lipinski definition) is 1. The third-order valence-electron chi connectivity index (χ3n) is 2.90. The average molecular weight is 277 g/mol. The van der Waals surface area contributed by atoms with Crippen LogP contribution >= 0.6 is 0 Å². The van der Waals surface area contributed by atoms with Crippen LogP contribution in [0.25, 0.3) is 0 Å². The lowest BCUT2D eigenvalue weighted by Gasteiger charge is -2.18. The summed E-state index contributed by atoms with van der Waals surface area (Å²) in [5.41, 5.74) is 0.530. The fraction of sp³-hybridized carbons (Fsp3) is 0.438. The van der Waals surface area contributed by atoms with Crippen LogP contribution in [0.4, 0.5) is 4.39 Å². The molecular formula is C16H20FNO2. The van der Waals surface area contributed by atoms with Gasteiger partial charge in [-0.3, -0.25) is 4.79 Å². The van der Waals surface area contributed by atoms with Crippen LogP contribution in [0.1, 0.15) is 36.2 Å². The molecule has 0 aliphatic carbocycles. The van der Waals surface area contributed by atoms with E-state index in [9.17, 15) is 9.18 Å². The smallest absolute Gasteiger partial charge is 0.256 e. The average Bonchev–Trinajstić information content (AvgIpc) is 2.43. The summed E-state index contributed by atoms with van der Waals surface area (Å²) >= 11 is 0. The molecule has 0 saturated heterocycles. The SMILES string of the molecule is CC(C)CCN(C)C(=O)c1cc(C#CCO)ccc1F. The van der Waals surface area contributed by atoms with Crippen molar-refractivity contribution in [3.8, 4) is 11.8 Å². The third-order valence-corrected chi connectivity index (χ3v) is 2.90. The minimum Gasteiger partial charge on any atom is -0.384 e. The fourth-order valence-electron chi connectivity index (χ4n) is 1.67. The van der Waals surface area contributed by atoms with Crippen molar-refractivity contribution in [1.82, 2.24) is 4.90 Å². The van der Waals surface area contributed by atoms with Gasteiger partial charge in [0.15, 0.2) is 0 Å². The summed E-state index contributed by atoms with van der Waals surface area (Å²) in [6.07, 6.45) is 0.869. The van der Waals surface area contributed by atoms with Crippen LogP contribution in [0.2, 0.25) is 0 Å². The van der Waals surface area contributed by atoms with Crippen molar-refractivity contribution in [1.29, 1.82) is 0 Å². The molecule has 0 atom stereocenters. The lowest BCUT2D eigenvalue weighted by atomic mass is 10.1. The molecule has 1 aromatic carbocycles. The summed E-state index contributed by atoms with van der Waals surface area (Å²) in [4.78, 5) is 13.7. The molecule has 0 saturated carbocycles. The summed E-state index contributed by atoms with van der Waals surface area (Å²) in [5.74, 6) is 4.72. The predicted molar refractivity (Wildman–Crippen MR) is 76.8 cm³/mol. The van der Waals surface area contributed by atoms with Gasteiger partial charge in [0.25, 0.3) is 5.91 Å². The number of halogens is 1. The van der Waals surface area contributed by atoms with Crippen molar-refractivity contribution in [3.05, 3.63) is 35.1 Å². The van der Waals surface area contributed by atoms with E-state index in [-0.39, 0.29) is 18.1 Å². The van der Waals surface area contributed by atoms with Gasteiger partial charge in [-0.1, -0.05) is 25.7 Å².